The Morgan fingerprint density at radius 3 is 3.10 bits per heavy atom. The number of rotatable bonds is 2. The van der Waals surface area contributed by atoms with E-state index in [1.807, 2.05) is 0 Å². The molecule has 0 amide bonds. The summed E-state index contributed by atoms with van der Waals surface area (Å²) in [5, 5.41) is 10.9. The Morgan fingerprint density at radius 1 is 1.33 bits per heavy atom. The quantitative estimate of drug-likeness (QED) is 0.739. The highest BCUT2D eigenvalue weighted by Gasteiger charge is 2.19. The molecule has 3 heterocycles. The topological polar surface area (TPSA) is 50.9 Å². The molecule has 0 unspecified atom stereocenters. The molecule has 4 nitrogen and oxygen atoms in total. The van der Waals surface area contributed by atoms with Gasteiger partial charge in [-0.3, -0.25) is 0 Å². The molecule has 1 N–H and O–H groups in total. The summed E-state index contributed by atoms with van der Waals surface area (Å²) in [4.78, 5) is 8.30. The van der Waals surface area contributed by atoms with Crippen molar-refractivity contribution in [3.63, 3.8) is 0 Å². The lowest BCUT2D eigenvalue weighted by Gasteiger charge is -2.14. The zero-order chi connectivity index (χ0) is 14.4. The van der Waals surface area contributed by atoms with Crippen LogP contribution in [0.1, 0.15) is 17.5 Å². The molecule has 0 radical (unpaired) electrons. The number of hydrogen-bond acceptors (Lipinski definition) is 3. The number of aliphatic hydroxyl groups excluding tert-OH is 1. The van der Waals surface area contributed by atoms with Crippen molar-refractivity contribution < 1.29 is 5.11 Å². The summed E-state index contributed by atoms with van der Waals surface area (Å²) in [6.45, 7) is 0.916. The van der Waals surface area contributed by atoms with Gasteiger partial charge >= 0.3 is 0 Å². The van der Waals surface area contributed by atoms with Crippen LogP contribution in [-0.2, 0) is 19.6 Å². The normalized spacial score (nSPS) is 13.8. The van der Waals surface area contributed by atoms with Crippen LogP contribution in [0.4, 0.5) is 0 Å². The second-order valence-corrected chi connectivity index (χ2v) is 5.66. The van der Waals surface area contributed by atoms with Gasteiger partial charge in [0, 0.05) is 35.5 Å². The van der Waals surface area contributed by atoms with Gasteiger partial charge in [0.05, 0.1) is 17.8 Å². The summed E-state index contributed by atoms with van der Waals surface area (Å²) in [6, 6.07) is 6.37. The zero-order valence-corrected chi connectivity index (χ0v) is 12.1. The van der Waals surface area contributed by atoms with Crippen molar-refractivity contribution in [3.8, 4) is 11.3 Å². The van der Waals surface area contributed by atoms with Crippen molar-refractivity contribution in [1.82, 2.24) is 14.5 Å². The molecule has 1 aromatic carbocycles. The molecule has 0 spiro atoms. The third-order valence-corrected chi connectivity index (χ3v) is 4.27. The average Bonchev–Trinajstić information content (AvgIpc) is 2.89. The Hall–Kier alpha value is -1.91. The van der Waals surface area contributed by atoms with Gasteiger partial charge in [0.2, 0.25) is 5.28 Å². The average molecular weight is 300 g/mol. The Balaban J connectivity index is 2.05. The van der Waals surface area contributed by atoms with E-state index in [4.69, 9.17) is 11.6 Å². The van der Waals surface area contributed by atoms with Crippen molar-refractivity contribution in [2.75, 3.05) is 0 Å². The zero-order valence-electron chi connectivity index (χ0n) is 11.4. The van der Waals surface area contributed by atoms with Crippen molar-refractivity contribution >= 4 is 22.5 Å². The summed E-state index contributed by atoms with van der Waals surface area (Å²) < 4.78 is 2.28. The molecular weight excluding hydrogens is 286 g/mol. The Morgan fingerprint density at radius 2 is 2.24 bits per heavy atom. The minimum absolute atomic E-state index is 0.0983. The summed E-state index contributed by atoms with van der Waals surface area (Å²) in [5.41, 5.74) is 5.08. The van der Waals surface area contributed by atoms with E-state index in [9.17, 15) is 5.11 Å². The van der Waals surface area contributed by atoms with Gasteiger partial charge in [-0.15, -0.1) is 0 Å². The lowest BCUT2D eigenvalue weighted by molar-refractivity contribution is 0.281. The third kappa shape index (κ3) is 1.94. The molecule has 2 aromatic heterocycles. The van der Waals surface area contributed by atoms with Crippen molar-refractivity contribution in [1.29, 1.82) is 0 Å². The van der Waals surface area contributed by atoms with E-state index in [2.05, 4.69) is 38.9 Å². The maximum atomic E-state index is 9.54. The molecule has 3 aromatic rings. The summed E-state index contributed by atoms with van der Waals surface area (Å²) in [7, 11) is 0. The lowest BCUT2D eigenvalue weighted by atomic mass is 10.0. The predicted molar refractivity (Wildman–Crippen MR) is 82.2 cm³/mol. The monoisotopic (exact) mass is 299 g/mol. The molecule has 21 heavy (non-hydrogen) atoms. The maximum absolute atomic E-state index is 9.54. The Bertz CT molecular complexity index is 841. The molecule has 5 heteroatoms. The van der Waals surface area contributed by atoms with E-state index in [1.54, 1.807) is 6.20 Å². The van der Waals surface area contributed by atoms with Gasteiger partial charge in [0.25, 0.3) is 0 Å². The fourth-order valence-corrected chi connectivity index (χ4v) is 3.31. The summed E-state index contributed by atoms with van der Waals surface area (Å²) in [5.74, 6) is 0. The highest BCUT2D eigenvalue weighted by Crippen LogP contribution is 2.35. The minimum atomic E-state index is -0.0983. The third-order valence-electron chi connectivity index (χ3n) is 4.09. The van der Waals surface area contributed by atoms with Gasteiger partial charge in [-0.05, 0) is 30.0 Å². The highest BCUT2D eigenvalue weighted by molar-refractivity contribution is 6.28. The van der Waals surface area contributed by atoms with Crippen LogP contribution in [0, 0.1) is 0 Å². The van der Waals surface area contributed by atoms with Gasteiger partial charge in [-0.25, -0.2) is 9.97 Å². The number of benzene rings is 1. The number of aromatic nitrogens is 3. The van der Waals surface area contributed by atoms with E-state index in [1.165, 1.54) is 11.1 Å². The number of halogens is 1. The van der Waals surface area contributed by atoms with E-state index in [0.29, 0.717) is 5.56 Å². The molecule has 0 saturated heterocycles. The van der Waals surface area contributed by atoms with E-state index in [-0.39, 0.29) is 11.9 Å². The number of aryl methyl sites for hydroxylation is 2. The van der Waals surface area contributed by atoms with E-state index >= 15 is 0 Å². The Labute approximate surface area is 127 Å². The number of nitrogens with zero attached hydrogens (tertiary/aromatic N) is 3. The number of hydrogen-bond donors (Lipinski definition) is 1. The number of para-hydroxylation sites is 1. The van der Waals surface area contributed by atoms with Crippen LogP contribution in [0.2, 0.25) is 5.28 Å². The first kappa shape index (κ1) is 12.8. The predicted octanol–water partition coefficient (Wildman–Crippen LogP) is 3.19. The van der Waals surface area contributed by atoms with Gasteiger partial charge in [-0.1, -0.05) is 18.2 Å². The van der Waals surface area contributed by atoms with E-state index < -0.39 is 0 Å². The van der Waals surface area contributed by atoms with Crippen molar-refractivity contribution in [3.05, 3.63) is 47.0 Å². The first-order chi connectivity index (χ1) is 10.3. The standard InChI is InChI=1S/C16H14ClN3O/c17-16-18-7-11(9-21)14(19-16)13-8-20-6-2-4-10-3-1-5-12(13)15(10)20/h1,3,5,7-8,21H,2,4,6,9H2. The largest absolute Gasteiger partial charge is 0.392 e. The molecule has 0 saturated carbocycles. The SMILES string of the molecule is OCc1cnc(Cl)nc1-c1cn2c3c(cccc13)CCC2. The van der Waals surface area contributed by atoms with Crippen molar-refractivity contribution in [2.24, 2.45) is 0 Å². The maximum Gasteiger partial charge on any atom is 0.222 e. The van der Waals surface area contributed by atoms with Crippen LogP contribution in [0.3, 0.4) is 0 Å². The number of aliphatic hydroxyl groups is 1. The highest BCUT2D eigenvalue weighted by atomic mass is 35.5. The van der Waals surface area contributed by atoms with Crippen LogP contribution >= 0.6 is 11.6 Å². The fraction of sp³-hybridized carbons (Fsp3) is 0.250. The van der Waals surface area contributed by atoms with Crippen LogP contribution in [0.5, 0.6) is 0 Å². The Kier molecular flexibility index (Phi) is 2.94. The van der Waals surface area contributed by atoms with Gasteiger partial charge in [-0.2, -0.15) is 0 Å². The van der Waals surface area contributed by atoms with E-state index in [0.717, 1.165) is 36.0 Å². The molecule has 0 fully saturated rings. The lowest BCUT2D eigenvalue weighted by Crippen LogP contribution is -2.05. The summed E-state index contributed by atoms with van der Waals surface area (Å²) >= 11 is 5.95. The molecule has 0 aliphatic carbocycles. The molecule has 0 bridgehead atoms. The molecular formula is C16H14ClN3O. The smallest absolute Gasteiger partial charge is 0.222 e. The van der Waals surface area contributed by atoms with Gasteiger partial charge < -0.3 is 9.67 Å². The minimum Gasteiger partial charge on any atom is -0.392 e. The van der Waals surface area contributed by atoms with Gasteiger partial charge in [0.15, 0.2) is 0 Å². The summed E-state index contributed by atoms with van der Waals surface area (Å²) in [6.07, 6.45) is 5.97. The first-order valence-electron chi connectivity index (χ1n) is 7.01. The molecule has 1 aliphatic rings. The molecule has 4 rings (SSSR count). The van der Waals surface area contributed by atoms with Crippen LogP contribution < -0.4 is 0 Å². The molecule has 0 atom stereocenters. The molecule has 1 aliphatic heterocycles. The van der Waals surface area contributed by atoms with Crippen LogP contribution in [-0.4, -0.2) is 19.6 Å². The van der Waals surface area contributed by atoms with Gasteiger partial charge in [0.1, 0.15) is 0 Å². The fourth-order valence-electron chi connectivity index (χ4n) is 3.18. The van der Waals surface area contributed by atoms with Crippen LogP contribution in [0.15, 0.2) is 30.6 Å². The van der Waals surface area contributed by atoms with Crippen LogP contribution in [0.25, 0.3) is 22.2 Å². The first-order valence-corrected chi connectivity index (χ1v) is 7.39. The molecule has 106 valence electrons. The van der Waals surface area contributed by atoms with Crippen molar-refractivity contribution in [2.45, 2.75) is 26.0 Å². The second kappa shape index (κ2) is 4.83. The second-order valence-electron chi connectivity index (χ2n) is 5.32.